The second kappa shape index (κ2) is 2.72. The van der Waals surface area contributed by atoms with Crippen molar-refractivity contribution < 1.29 is 4.74 Å². The maximum Gasteiger partial charge on any atom is 0.0728 e. The molecule has 0 N–H and O–H groups in total. The van der Waals surface area contributed by atoms with Crippen LogP contribution in [0.4, 0.5) is 0 Å². The average molecular weight is 154 g/mol. The van der Waals surface area contributed by atoms with Gasteiger partial charge in [-0.1, -0.05) is 0 Å². The van der Waals surface area contributed by atoms with Crippen LogP contribution in [0.3, 0.4) is 0 Å². The van der Waals surface area contributed by atoms with Gasteiger partial charge in [0.25, 0.3) is 0 Å². The first kappa shape index (κ1) is 6.38. The van der Waals surface area contributed by atoms with E-state index in [1.165, 1.54) is 18.4 Å². The van der Waals surface area contributed by atoms with Crippen LogP contribution in [-0.2, 0) is 11.3 Å². The van der Waals surface area contributed by atoms with E-state index < -0.39 is 0 Å². The predicted octanol–water partition coefficient (Wildman–Crippen LogP) is 2.43. The van der Waals surface area contributed by atoms with Crippen molar-refractivity contribution in [3.05, 3.63) is 22.4 Å². The molecule has 1 aromatic rings. The minimum absolute atomic E-state index is 0.583. The molecular formula is C8H10OS. The van der Waals surface area contributed by atoms with Gasteiger partial charge in [-0.2, -0.15) is 11.3 Å². The molecule has 0 bridgehead atoms. The molecule has 1 saturated carbocycles. The molecule has 2 rings (SSSR count). The summed E-state index contributed by atoms with van der Waals surface area (Å²) >= 11 is 1.73. The summed E-state index contributed by atoms with van der Waals surface area (Å²) in [5.41, 5.74) is 1.32. The van der Waals surface area contributed by atoms with Crippen LogP contribution in [-0.4, -0.2) is 6.10 Å². The maximum atomic E-state index is 5.50. The third-order valence-electron chi connectivity index (χ3n) is 1.59. The number of rotatable bonds is 3. The van der Waals surface area contributed by atoms with Gasteiger partial charge in [0.15, 0.2) is 0 Å². The quantitative estimate of drug-likeness (QED) is 0.649. The normalized spacial score (nSPS) is 17.6. The molecule has 0 aromatic carbocycles. The number of hydrogen-bond donors (Lipinski definition) is 0. The molecule has 10 heavy (non-hydrogen) atoms. The highest BCUT2D eigenvalue weighted by Crippen LogP contribution is 2.24. The Labute approximate surface area is 64.6 Å². The summed E-state index contributed by atoms with van der Waals surface area (Å²) in [4.78, 5) is 0. The Morgan fingerprint density at radius 3 is 3.10 bits per heavy atom. The van der Waals surface area contributed by atoms with Crippen molar-refractivity contribution in [2.24, 2.45) is 0 Å². The van der Waals surface area contributed by atoms with Crippen LogP contribution in [0.5, 0.6) is 0 Å². The second-order valence-electron chi connectivity index (χ2n) is 2.64. The highest BCUT2D eigenvalue weighted by Gasteiger charge is 2.21. The van der Waals surface area contributed by atoms with Gasteiger partial charge in [-0.3, -0.25) is 0 Å². The van der Waals surface area contributed by atoms with Crippen LogP contribution in [0.2, 0.25) is 0 Å². The van der Waals surface area contributed by atoms with Crippen molar-refractivity contribution >= 4 is 11.3 Å². The average Bonchev–Trinajstić information content (AvgIpc) is 2.63. The van der Waals surface area contributed by atoms with Gasteiger partial charge in [-0.05, 0) is 35.2 Å². The largest absolute Gasteiger partial charge is 0.374 e. The minimum atomic E-state index is 0.583. The molecule has 1 aliphatic rings. The Bertz CT molecular complexity index is 189. The number of hydrogen-bond acceptors (Lipinski definition) is 2. The van der Waals surface area contributed by atoms with E-state index in [0.29, 0.717) is 6.10 Å². The Kier molecular flexibility index (Phi) is 1.74. The number of ether oxygens (including phenoxy) is 1. The van der Waals surface area contributed by atoms with E-state index in [-0.39, 0.29) is 0 Å². The van der Waals surface area contributed by atoms with Crippen molar-refractivity contribution in [2.45, 2.75) is 25.6 Å². The van der Waals surface area contributed by atoms with Crippen molar-refractivity contribution in [1.82, 2.24) is 0 Å². The lowest BCUT2D eigenvalue weighted by Crippen LogP contribution is -1.91. The fourth-order valence-corrected chi connectivity index (χ4v) is 1.48. The molecule has 0 spiro atoms. The lowest BCUT2D eigenvalue weighted by Gasteiger charge is -1.96. The van der Waals surface area contributed by atoms with Crippen molar-refractivity contribution in [3.8, 4) is 0 Å². The Morgan fingerprint density at radius 2 is 2.50 bits per heavy atom. The van der Waals surface area contributed by atoms with Gasteiger partial charge in [-0.15, -0.1) is 0 Å². The van der Waals surface area contributed by atoms with Crippen molar-refractivity contribution in [2.75, 3.05) is 0 Å². The van der Waals surface area contributed by atoms with Crippen molar-refractivity contribution in [1.29, 1.82) is 0 Å². The molecule has 0 amide bonds. The van der Waals surface area contributed by atoms with Gasteiger partial charge in [0.1, 0.15) is 0 Å². The fourth-order valence-electron chi connectivity index (χ4n) is 0.824. The van der Waals surface area contributed by atoms with Gasteiger partial charge in [0.2, 0.25) is 0 Å². The lowest BCUT2D eigenvalue weighted by atomic mass is 10.4. The summed E-state index contributed by atoms with van der Waals surface area (Å²) in [6, 6.07) is 2.12. The first-order chi connectivity index (χ1) is 4.95. The van der Waals surface area contributed by atoms with E-state index in [1.807, 2.05) is 0 Å². The second-order valence-corrected chi connectivity index (χ2v) is 3.42. The van der Waals surface area contributed by atoms with Crippen LogP contribution in [0.1, 0.15) is 18.4 Å². The van der Waals surface area contributed by atoms with Gasteiger partial charge in [-0.25, -0.2) is 0 Å². The topological polar surface area (TPSA) is 9.23 Å². The summed E-state index contributed by atoms with van der Waals surface area (Å²) in [5, 5.41) is 4.23. The standard InChI is InChI=1S/C8H10OS/c1-2-8(1)9-5-7-3-4-10-6-7/h3-4,6,8H,1-2,5H2. The predicted molar refractivity (Wildman–Crippen MR) is 42.1 cm³/mol. The highest BCUT2D eigenvalue weighted by atomic mass is 32.1. The fraction of sp³-hybridized carbons (Fsp3) is 0.500. The molecule has 0 aliphatic heterocycles. The first-order valence-corrected chi connectivity index (χ1v) is 4.52. The van der Waals surface area contributed by atoms with Crippen LogP contribution in [0.25, 0.3) is 0 Å². The molecule has 1 nitrogen and oxygen atoms in total. The Morgan fingerprint density at radius 1 is 1.60 bits per heavy atom. The van der Waals surface area contributed by atoms with Gasteiger partial charge in [0.05, 0.1) is 12.7 Å². The molecule has 54 valence electrons. The molecule has 1 heterocycles. The molecule has 1 fully saturated rings. The van der Waals surface area contributed by atoms with E-state index in [9.17, 15) is 0 Å². The van der Waals surface area contributed by atoms with Crippen LogP contribution < -0.4 is 0 Å². The summed E-state index contributed by atoms with van der Waals surface area (Å²) < 4.78 is 5.50. The third kappa shape index (κ3) is 1.58. The van der Waals surface area contributed by atoms with E-state index in [4.69, 9.17) is 4.74 Å². The van der Waals surface area contributed by atoms with E-state index in [2.05, 4.69) is 16.8 Å². The Hall–Kier alpha value is -0.340. The molecule has 1 aromatic heterocycles. The molecule has 0 radical (unpaired) electrons. The molecule has 0 unspecified atom stereocenters. The van der Waals surface area contributed by atoms with Gasteiger partial charge >= 0.3 is 0 Å². The summed E-state index contributed by atoms with van der Waals surface area (Å²) in [6.45, 7) is 0.814. The van der Waals surface area contributed by atoms with E-state index in [1.54, 1.807) is 11.3 Å². The van der Waals surface area contributed by atoms with Gasteiger partial charge < -0.3 is 4.74 Å². The van der Waals surface area contributed by atoms with Crippen LogP contribution in [0.15, 0.2) is 16.8 Å². The van der Waals surface area contributed by atoms with Crippen molar-refractivity contribution in [3.63, 3.8) is 0 Å². The molecular weight excluding hydrogens is 144 g/mol. The SMILES string of the molecule is c1cc(COC2CC2)cs1. The monoisotopic (exact) mass is 154 g/mol. The summed E-state index contributed by atoms with van der Waals surface area (Å²) in [6.07, 6.45) is 3.12. The lowest BCUT2D eigenvalue weighted by molar-refractivity contribution is 0.106. The zero-order valence-corrected chi connectivity index (χ0v) is 6.56. The third-order valence-corrected chi connectivity index (χ3v) is 2.32. The molecule has 1 aliphatic carbocycles. The van der Waals surface area contributed by atoms with E-state index in [0.717, 1.165) is 6.61 Å². The van der Waals surface area contributed by atoms with Crippen LogP contribution in [0, 0.1) is 0 Å². The molecule has 0 saturated heterocycles. The zero-order chi connectivity index (χ0) is 6.81. The first-order valence-electron chi connectivity index (χ1n) is 3.58. The van der Waals surface area contributed by atoms with E-state index >= 15 is 0 Å². The smallest absolute Gasteiger partial charge is 0.0728 e. The molecule has 2 heteroatoms. The summed E-state index contributed by atoms with van der Waals surface area (Å²) in [7, 11) is 0. The van der Waals surface area contributed by atoms with Crippen LogP contribution >= 0.6 is 11.3 Å². The Balaban J connectivity index is 1.79. The molecule has 0 atom stereocenters. The zero-order valence-electron chi connectivity index (χ0n) is 5.75. The number of thiophene rings is 1. The summed E-state index contributed by atoms with van der Waals surface area (Å²) in [5.74, 6) is 0. The maximum absolute atomic E-state index is 5.50. The minimum Gasteiger partial charge on any atom is -0.374 e. The van der Waals surface area contributed by atoms with Gasteiger partial charge in [0, 0.05) is 0 Å². The highest BCUT2D eigenvalue weighted by molar-refractivity contribution is 7.07.